The molecule has 0 aromatic rings. The number of amides is 1. The van der Waals surface area contributed by atoms with Crippen LogP contribution in [0.2, 0.25) is 0 Å². The minimum Gasteiger partial charge on any atom is -0.377 e. The lowest BCUT2D eigenvalue weighted by Crippen LogP contribution is -2.46. The summed E-state index contributed by atoms with van der Waals surface area (Å²) in [6, 6.07) is 0.175. The Morgan fingerprint density at radius 2 is 2.22 bits per heavy atom. The van der Waals surface area contributed by atoms with Crippen molar-refractivity contribution >= 4 is 17.7 Å². The van der Waals surface area contributed by atoms with E-state index in [9.17, 15) is 4.79 Å². The molecule has 0 aromatic carbocycles. The van der Waals surface area contributed by atoms with Gasteiger partial charge in [-0.2, -0.15) is 0 Å². The van der Waals surface area contributed by atoms with Gasteiger partial charge >= 0.3 is 0 Å². The second-order valence-corrected chi connectivity index (χ2v) is 6.28. The van der Waals surface area contributed by atoms with Gasteiger partial charge in [0.25, 0.3) is 0 Å². The molecule has 0 aliphatic carbocycles. The van der Waals surface area contributed by atoms with Gasteiger partial charge in [-0.05, 0) is 32.1 Å². The molecule has 18 heavy (non-hydrogen) atoms. The second-order valence-electron chi connectivity index (χ2n) is 5.25. The van der Waals surface area contributed by atoms with Gasteiger partial charge in [-0.1, -0.05) is 0 Å². The Balaban J connectivity index is 1.61. The number of piperidine rings is 1. The molecule has 5 heteroatoms. The highest BCUT2D eigenvalue weighted by Crippen LogP contribution is 2.18. The molecule has 2 aliphatic rings. The number of nitrogens with two attached hydrogens (primary N) is 1. The molecule has 1 amide bonds. The van der Waals surface area contributed by atoms with Crippen LogP contribution < -0.4 is 5.73 Å². The molecule has 2 aliphatic heterocycles. The molecule has 2 fully saturated rings. The van der Waals surface area contributed by atoms with Gasteiger partial charge in [0.2, 0.25) is 5.91 Å². The lowest BCUT2D eigenvalue weighted by molar-refractivity contribution is -0.129. The number of hydrogen-bond acceptors (Lipinski definition) is 4. The Morgan fingerprint density at radius 1 is 1.33 bits per heavy atom. The lowest BCUT2D eigenvalue weighted by Gasteiger charge is -2.31. The Bertz CT molecular complexity index is 270. The summed E-state index contributed by atoms with van der Waals surface area (Å²) < 4.78 is 5.66. The third-order valence-electron chi connectivity index (χ3n) is 3.61. The fraction of sp³-hybridized carbons (Fsp3) is 0.923. The number of ether oxygens (including phenoxy) is 1. The monoisotopic (exact) mass is 272 g/mol. The van der Waals surface area contributed by atoms with Crippen LogP contribution in [0.1, 0.15) is 32.1 Å². The molecular formula is C13H24N2O2S. The van der Waals surface area contributed by atoms with E-state index >= 15 is 0 Å². The van der Waals surface area contributed by atoms with Gasteiger partial charge < -0.3 is 15.4 Å². The van der Waals surface area contributed by atoms with Gasteiger partial charge in [-0.25, -0.2) is 0 Å². The number of carbonyl (C=O) groups excluding carboxylic acids is 1. The van der Waals surface area contributed by atoms with Crippen molar-refractivity contribution in [3.05, 3.63) is 0 Å². The van der Waals surface area contributed by atoms with Gasteiger partial charge in [0, 0.05) is 31.5 Å². The minimum atomic E-state index is 0.175. The van der Waals surface area contributed by atoms with Crippen molar-refractivity contribution in [3.63, 3.8) is 0 Å². The number of rotatable bonds is 4. The molecule has 2 rings (SSSR count). The Morgan fingerprint density at radius 3 is 2.94 bits per heavy atom. The van der Waals surface area contributed by atoms with Crippen LogP contribution in [0.15, 0.2) is 0 Å². The average Bonchev–Trinajstić information content (AvgIpc) is 2.40. The average molecular weight is 272 g/mol. The Hall–Kier alpha value is -0.260. The molecule has 0 bridgehead atoms. The summed E-state index contributed by atoms with van der Waals surface area (Å²) >= 11 is 1.71. The van der Waals surface area contributed by atoms with E-state index in [2.05, 4.69) is 0 Å². The van der Waals surface area contributed by atoms with E-state index in [0.29, 0.717) is 11.9 Å². The topological polar surface area (TPSA) is 55.6 Å². The minimum absolute atomic E-state index is 0.175. The smallest absolute Gasteiger partial charge is 0.232 e. The largest absolute Gasteiger partial charge is 0.377 e. The predicted octanol–water partition coefficient (Wildman–Crippen LogP) is 1.24. The Kier molecular flexibility index (Phi) is 5.79. The second kappa shape index (κ2) is 7.36. The van der Waals surface area contributed by atoms with Crippen LogP contribution in [0, 0.1) is 0 Å². The van der Waals surface area contributed by atoms with Crippen molar-refractivity contribution in [1.82, 2.24) is 4.90 Å². The first kappa shape index (κ1) is 14.2. The summed E-state index contributed by atoms with van der Waals surface area (Å²) in [5.41, 5.74) is 5.89. The van der Waals surface area contributed by atoms with Gasteiger partial charge in [0.05, 0.1) is 11.9 Å². The molecule has 104 valence electrons. The highest BCUT2D eigenvalue weighted by molar-refractivity contribution is 7.99. The molecule has 2 N–H and O–H groups in total. The summed E-state index contributed by atoms with van der Waals surface area (Å²) in [6.07, 6.45) is 6.05. The molecule has 0 radical (unpaired) electrons. The molecule has 2 heterocycles. The van der Waals surface area contributed by atoms with Crippen molar-refractivity contribution in [3.8, 4) is 0 Å². The molecule has 2 atom stereocenters. The summed E-state index contributed by atoms with van der Waals surface area (Å²) in [5, 5.41) is 0. The van der Waals surface area contributed by atoms with E-state index in [0.717, 1.165) is 44.7 Å². The van der Waals surface area contributed by atoms with E-state index in [-0.39, 0.29) is 11.9 Å². The van der Waals surface area contributed by atoms with E-state index in [1.54, 1.807) is 11.8 Å². The van der Waals surface area contributed by atoms with Crippen LogP contribution in [-0.4, -0.2) is 54.2 Å². The zero-order valence-corrected chi connectivity index (χ0v) is 11.8. The lowest BCUT2D eigenvalue weighted by atomic mass is 10.1. The zero-order chi connectivity index (χ0) is 12.8. The van der Waals surface area contributed by atoms with Crippen LogP contribution in [0.4, 0.5) is 0 Å². The number of likely N-dealkylation sites (tertiary alicyclic amines) is 1. The van der Waals surface area contributed by atoms with Gasteiger partial charge in [-0.3, -0.25) is 4.79 Å². The molecule has 2 saturated heterocycles. The quantitative estimate of drug-likeness (QED) is 0.836. The van der Waals surface area contributed by atoms with Crippen LogP contribution in [-0.2, 0) is 9.53 Å². The van der Waals surface area contributed by atoms with Crippen molar-refractivity contribution < 1.29 is 9.53 Å². The van der Waals surface area contributed by atoms with Crippen LogP contribution in [0.5, 0.6) is 0 Å². The van der Waals surface area contributed by atoms with Crippen LogP contribution in [0.3, 0.4) is 0 Å². The standard InChI is InChI=1S/C13H24N2O2S/c14-11-4-3-6-15(8-11)13(16)10-18-9-12-5-1-2-7-17-12/h11-12H,1-10,14H2. The van der Waals surface area contributed by atoms with E-state index in [1.807, 2.05) is 4.90 Å². The maximum Gasteiger partial charge on any atom is 0.232 e. The van der Waals surface area contributed by atoms with Crippen molar-refractivity contribution in [2.75, 3.05) is 31.2 Å². The van der Waals surface area contributed by atoms with E-state index in [4.69, 9.17) is 10.5 Å². The first-order valence-corrected chi connectivity index (χ1v) is 8.14. The van der Waals surface area contributed by atoms with Crippen molar-refractivity contribution in [2.24, 2.45) is 5.73 Å². The Labute approximate surface area is 114 Å². The maximum atomic E-state index is 12.0. The van der Waals surface area contributed by atoms with E-state index < -0.39 is 0 Å². The number of carbonyl (C=O) groups is 1. The summed E-state index contributed by atoms with van der Waals surface area (Å²) in [6.45, 7) is 2.51. The highest BCUT2D eigenvalue weighted by atomic mass is 32.2. The summed E-state index contributed by atoms with van der Waals surface area (Å²) in [5.74, 6) is 1.77. The molecule has 0 saturated carbocycles. The van der Waals surface area contributed by atoms with Crippen LogP contribution in [0.25, 0.3) is 0 Å². The highest BCUT2D eigenvalue weighted by Gasteiger charge is 2.21. The maximum absolute atomic E-state index is 12.0. The SMILES string of the molecule is NC1CCCN(C(=O)CSCC2CCCCO2)C1. The van der Waals surface area contributed by atoms with Crippen LogP contribution >= 0.6 is 11.8 Å². The third-order valence-corrected chi connectivity index (χ3v) is 4.67. The fourth-order valence-electron chi connectivity index (χ4n) is 2.54. The number of nitrogens with zero attached hydrogens (tertiary/aromatic N) is 1. The fourth-order valence-corrected chi connectivity index (χ4v) is 3.55. The molecular weight excluding hydrogens is 248 g/mol. The molecule has 0 spiro atoms. The van der Waals surface area contributed by atoms with Crippen molar-refractivity contribution in [1.29, 1.82) is 0 Å². The van der Waals surface area contributed by atoms with Gasteiger partial charge in [-0.15, -0.1) is 11.8 Å². The molecule has 2 unspecified atom stereocenters. The van der Waals surface area contributed by atoms with Crippen molar-refractivity contribution in [2.45, 2.75) is 44.2 Å². The first-order valence-electron chi connectivity index (χ1n) is 6.98. The predicted molar refractivity (Wildman–Crippen MR) is 74.7 cm³/mol. The first-order chi connectivity index (χ1) is 8.75. The van der Waals surface area contributed by atoms with E-state index in [1.165, 1.54) is 12.8 Å². The third kappa shape index (κ3) is 4.44. The number of thioether (sulfide) groups is 1. The number of hydrogen-bond donors (Lipinski definition) is 1. The molecule has 4 nitrogen and oxygen atoms in total. The summed E-state index contributed by atoms with van der Waals surface area (Å²) in [7, 11) is 0. The summed E-state index contributed by atoms with van der Waals surface area (Å²) in [4.78, 5) is 13.9. The van der Waals surface area contributed by atoms with Gasteiger partial charge in [0.1, 0.15) is 0 Å². The normalized spacial score (nSPS) is 29.3. The molecule has 0 aromatic heterocycles. The zero-order valence-electron chi connectivity index (χ0n) is 11.0. The van der Waals surface area contributed by atoms with Gasteiger partial charge in [0.15, 0.2) is 0 Å².